The van der Waals surface area contributed by atoms with Crippen LogP contribution in [0.2, 0.25) is 0 Å². The number of sulfone groups is 1. The summed E-state index contributed by atoms with van der Waals surface area (Å²) in [5.74, 6) is 0.387. The van der Waals surface area contributed by atoms with Gasteiger partial charge in [0.25, 0.3) is 0 Å². The van der Waals surface area contributed by atoms with E-state index < -0.39 is 26.4 Å². The fraction of sp³-hybridized carbons (Fsp3) is 0.688. The van der Waals surface area contributed by atoms with Crippen molar-refractivity contribution in [3.8, 4) is 0 Å². The van der Waals surface area contributed by atoms with E-state index in [-0.39, 0.29) is 24.8 Å². The van der Waals surface area contributed by atoms with Crippen LogP contribution < -0.4 is 15.5 Å². The molecular formula is C16H25N5O3S. The van der Waals surface area contributed by atoms with Gasteiger partial charge in [0.2, 0.25) is 11.9 Å². The molecule has 1 spiro atoms. The standard InChI is InChI=1S/C16H25N5O3S/c1-10(2)12-7-13(19-15(18-12)20(3)4)21-8-16(9-21)11(14(17)22)5-6-25(16,23)24/h7,10-11H,5-6,8-9H2,1-4H3,(H2,17,22). The van der Waals surface area contributed by atoms with E-state index in [4.69, 9.17) is 5.73 Å². The number of hydrogen-bond acceptors (Lipinski definition) is 7. The third-order valence-electron chi connectivity index (χ3n) is 5.23. The Morgan fingerprint density at radius 2 is 2.00 bits per heavy atom. The molecule has 25 heavy (non-hydrogen) atoms. The van der Waals surface area contributed by atoms with Crippen molar-refractivity contribution in [2.24, 2.45) is 11.7 Å². The molecule has 0 radical (unpaired) electrons. The third kappa shape index (κ3) is 2.74. The lowest BCUT2D eigenvalue weighted by Gasteiger charge is -2.49. The number of anilines is 2. The predicted octanol–water partition coefficient (Wildman–Crippen LogP) is 0.145. The molecule has 3 heterocycles. The lowest BCUT2D eigenvalue weighted by Crippen LogP contribution is -2.69. The summed E-state index contributed by atoms with van der Waals surface area (Å²) < 4.78 is 24.0. The Kier molecular flexibility index (Phi) is 4.17. The lowest BCUT2D eigenvalue weighted by atomic mass is 9.82. The van der Waals surface area contributed by atoms with Crippen LogP contribution in [0.25, 0.3) is 0 Å². The Labute approximate surface area is 148 Å². The van der Waals surface area contributed by atoms with Crippen molar-refractivity contribution in [3.05, 3.63) is 11.8 Å². The molecule has 0 saturated carbocycles. The van der Waals surface area contributed by atoms with Crippen molar-refractivity contribution in [2.45, 2.75) is 30.9 Å². The Bertz CT molecular complexity index is 774. The summed E-state index contributed by atoms with van der Waals surface area (Å²) >= 11 is 0. The van der Waals surface area contributed by atoms with Crippen molar-refractivity contribution >= 4 is 27.5 Å². The number of primary amides is 1. The van der Waals surface area contributed by atoms with Gasteiger partial charge in [0, 0.05) is 33.3 Å². The Hall–Kier alpha value is -1.90. The quantitative estimate of drug-likeness (QED) is 0.806. The van der Waals surface area contributed by atoms with Gasteiger partial charge in [-0.05, 0) is 12.3 Å². The van der Waals surface area contributed by atoms with Gasteiger partial charge < -0.3 is 15.5 Å². The molecule has 1 aromatic rings. The zero-order valence-corrected chi connectivity index (χ0v) is 15.9. The molecule has 3 rings (SSSR count). The minimum absolute atomic E-state index is 0.0262. The second-order valence-corrected chi connectivity index (χ2v) is 9.93. The number of aromatic nitrogens is 2. The van der Waals surface area contributed by atoms with Crippen molar-refractivity contribution in [1.82, 2.24) is 9.97 Å². The number of amides is 1. The number of rotatable bonds is 4. The Morgan fingerprint density at radius 3 is 2.52 bits per heavy atom. The van der Waals surface area contributed by atoms with Crippen LogP contribution in [0.1, 0.15) is 31.9 Å². The molecule has 2 N–H and O–H groups in total. The number of hydrogen-bond donors (Lipinski definition) is 1. The smallest absolute Gasteiger partial charge is 0.227 e. The molecule has 8 nitrogen and oxygen atoms in total. The van der Waals surface area contributed by atoms with Gasteiger partial charge >= 0.3 is 0 Å². The summed E-state index contributed by atoms with van der Waals surface area (Å²) in [7, 11) is 0.399. The fourth-order valence-electron chi connectivity index (χ4n) is 3.63. The van der Waals surface area contributed by atoms with Crippen LogP contribution >= 0.6 is 0 Å². The van der Waals surface area contributed by atoms with E-state index in [0.29, 0.717) is 18.2 Å². The highest BCUT2D eigenvalue weighted by atomic mass is 32.2. The molecule has 1 atom stereocenters. The zero-order chi connectivity index (χ0) is 18.6. The van der Waals surface area contributed by atoms with Crippen LogP contribution in [-0.4, -0.2) is 62.0 Å². The first-order chi connectivity index (χ1) is 11.6. The van der Waals surface area contributed by atoms with E-state index in [1.54, 1.807) is 0 Å². The number of carbonyl (C=O) groups excluding carboxylic acids is 1. The summed E-state index contributed by atoms with van der Waals surface area (Å²) in [5.41, 5.74) is 6.36. The molecule has 1 aromatic heterocycles. The molecule has 0 bridgehead atoms. The predicted molar refractivity (Wildman–Crippen MR) is 96.5 cm³/mol. The zero-order valence-electron chi connectivity index (χ0n) is 15.1. The number of nitrogens with two attached hydrogens (primary N) is 1. The second-order valence-electron chi connectivity index (χ2n) is 7.48. The average Bonchev–Trinajstić information content (AvgIpc) is 2.76. The molecule has 1 amide bonds. The molecule has 2 aliphatic rings. The van der Waals surface area contributed by atoms with Gasteiger partial charge in [0.1, 0.15) is 10.6 Å². The van der Waals surface area contributed by atoms with Crippen molar-refractivity contribution < 1.29 is 13.2 Å². The SMILES string of the molecule is CC(C)c1cc(N2CC3(C2)C(C(N)=O)CCS3(=O)=O)nc(N(C)C)n1. The summed E-state index contributed by atoms with van der Waals surface area (Å²) in [4.78, 5) is 24.5. The minimum atomic E-state index is -3.33. The highest BCUT2D eigenvalue weighted by Gasteiger charge is 2.63. The first-order valence-electron chi connectivity index (χ1n) is 8.40. The first kappa shape index (κ1) is 17.9. The van der Waals surface area contributed by atoms with Gasteiger partial charge in [-0.25, -0.2) is 13.4 Å². The number of carbonyl (C=O) groups is 1. The third-order valence-corrected chi connectivity index (χ3v) is 7.78. The second kappa shape index (κ2) is 5.82. The maximum Gasteiger partial charge on any atom is 0.227 e. The largest absolute Gasteiger partial charge is 0.369 e. The van der Waals surface area contributed by atoms with Gasteiger partial charge in [-0.15, -0.1) is 0 Å². The molecular weight excluding hydrogens is 342 g/mol. The first-order valence-corrected chi connectivity index (χ1v) is 10.1. The van der Waals surface area contributed by atoms with E-state index in [1.807, 2.05) is 43.8 Å². The minimum Gasteiger partial charge on any atom is -0.369 e. The molecule has 0 aliphatic carbocycles. The maximum absolute atomic E-state index is 12.5. The van der Waals surface area contributed by atoms with E-state index in [1.165, 1.54) is 0 Å². The summed E-state index contributed by atoms with van der Waals surface area (Å²) in [6, 6.07) is 1.89. The monoisotopic (exact) mass is 367 g/mol. The van der Waals surface area contributed by atoms with Gasteiger partial charge in [0.15, 0.2) is 9.84 Å². The Balaban J connectivity index is 1.93. The van der Waals surface area contributed by atoms with Crippen molar-refractivity contribution in [2.75, 3.05) is 42.7 Å². The molecule has 138 valence electrons. The summed E-state index contributed by atoms with van der Waals surface area (Å²) in [5, 5.41) is 0. The van der Waals surface area contributed by atoms with Crippen LogP contribution in [0, 0.1) is 5.92 Å². The van der Waals surface area contributed by atoms with Gasteiger partial charge in [-0.2, -0.15) is 4.98 Å². The lowest BCUT2D eigenvalue weighted by molar-refractivity contribution is -0.122. The van der Waals surface area contributed by atoms with Crippen LogP contribution in [0.5, 0.6) is 0 Å². The molecule has 2 aliphatic heterocycles. The summed E-state index contributed by atoms with van der Waals surface area (Å²) in [6.07, 6.45) is 0.315. The van der Waals surface area contributed by atoms with Crippen molar-refractivity contribution in [1.29, 1.82) is 0 Å². The molecule has 9 heteroatoms. The van der Waals surface area contributed by atoms with Gasteiger partial charge in [-0.1, -0.05) is 13.8 Å². The Morgan fingerprint density at radius 1 is 1.36 bits per heavy atom. The summed E-state index contributed by atoms with van der Waals surface area (Å²) in [6.45, 7) is 4.61. The molecule has 2 saturated heterocycles. The number of nitrogens with zero attached hydrogens (tertiary/aromatic N) is 4. The topological polar surface area (TPSA) is 109 Å². The van der Waals surface area contributed by atoms with Gasteiger partial charge in [0.05, 0.1) is 17.4 Å². The van der Waals surface area contributed by atoms with Gasteiger partial charge in [-0.3, -0.25) is 4.79 Å². The van der Waals surface area contributed by atoms with Crippen LogP contribution in [-0.2, 0) is 14.6 Å². The fourth-order valence-corrected chi connectivity index (χ4v) is 5.96. The maximum atomic E-state index is 12.5. The highest BCUT2D eigenvalue weighted by molar-refractivity contribution is 7.93. The molecule has 2 fully saturated rings. The van der Waals surface area contributed by atoms with E-state index in [9.17, 15) is 13.2 Å². The molecule has 0 aromatic carbocycles. The van der Waals surface area contributed by atoms with Crippen molar-refractivity contribution in [3.63, 3.8) is 0 Å². The van der Waals surface area contributed by atoms with Crippen LogP contribution in [0.15, 0.2) is 6.07 Å². The van der Waals surface area contributed by atoms with E-state index in [0.717, 1.165) is 5.69 Å². The highest BCUT2D eigenvalue weighted by Crippen LogP contribution is 2.46. The van der Waals surface area contributed by atoms with E-state index in [2.05, 4.69) is 9.97 Å². The van der Waals surface area contributed by atoms with Crippen LogP contribution in [0.4, 0.5) is 11.8 Å². The van der Waals surface area contributed by atoms with E-state index >= 15 is 0 Å². The normalized spacial score (nSPS) is 23.7. The van der Waals surface area contributed by atoms with Crippen LogP contribution in [0.3, 0.4) is 0 Å². The molecule has 1 unspecified atom stereocenters. The average molecular weight is 367 g/mol.